The molecule has 0 aliphatic heterocycles. The minimum atomic E-state index is 0.563. The van der Waals surface area contributed by atoms with E-state index in [-0.39, 0.29) is 0 Å². The molecule has 0 atom stereocenters. The topological polar surface area (TPSA) is 47.0 Å². The molecule has 0 radical (unpaired) electrons. The first-order chi connectivity index (χ1) is 10.3. The molecule has 21 heavy (non-hydrogen) atoms. The molecule has 0 aliphatic carbocycles. The third-order valence-electron chi connectivity index (χ3n) is 3.26. The van der Waals surface area contributed by atoms with Gasteiger partial charge in [0.1, 0.15) is 5.82 Å². The summed E-state index contributed by atoms with van der Waals surface area (Å²) in [4.78, 5) is 9.32. The summed E-state index contributed by atoms with van der Waals surface area (Å²) in [6, 6.07) is 10.2. The highest BCUT2D eigenvalue weighted by molar-refractivity contribution is 5.62. The lowest BCUT2D eigenvalue weighted by atomic mass is 10.1. The molecule has 112 valence electrons. The van der Waals surface area contributed by atoms with Crippen LogP contribution in [0.5, 0.6) is 0 Å². The zero-order valence-corrected chi connectivity index (χ0v) is 13.0. The molecule has 0 unspecified atom stereocenters. The van der Waals surface area contributed by atoms with Gasteiger partial charge in [-0.15, -0.1) is 0 Å². The highest BCUT2D eigenvalue weighted by Crippen LogP contribution is 2.23. The maximum Gasteiger partial charge on any atom is 0.162 e. The monoisotopic (exact) mass is 285 g/mol. The molecule has 2 rings (SSSR count). The first kappa shape index (κ1) is 15.4. The normalized spacial score (nSPS) is 10.6. The van der Waals surface area contributed by atoms with Crippen LogP contribution < -0.4 is 5.32 Å². The number of hydrogen-bond donors (Lipinski definition) is 1. The summed E-state index contributed by atoms with van der Waals surface area (Å²) in [5, 5.41) is 3.35. The zero-order chi connectivity index (χ0) is 15.1. The number of hydrogen-bond acceptors (Lipinski definition) is 4. The Morgan fingerprint density at radius 3 is 2.67 bits per heavy atom. The van der Waals surface area contributed by atoms with E-state index in [1.54, 1.807) is 7.11 Å². The molecule has 1 N–H and O–H groups in total. The van der Waals surface area contributed by atoms with Crippen molar-refractivity contribution in [3.63, 3.8) is 0 Å². The lowest BCUT2D eigenvalue weighted by Gasteiger charge is -2.11. The number of ether oxygens (including phenoxy) is 1. The second-order valence-corrected chi connectivity index (χ2v) is 4.94. The Labute approximate surface area is 126 Å². The number of benzene rings is 1. The van der Waals surface area contributed by atoms with E-state index in [1.165, 1.54) is 0 Å². The van der Waals surface area contributed by atoms with E-state index >= 15 is 0 Å². The fourth-order valence-electron chi connectivity index (χ4n) is 2.16. The van der Waals surface area contributed by atoms with Crippen LogP contribution >= 0.6 is 0 Å². The van der Waals surface area contributed by atoms with Crippen molar-refractivity contribution in [2.75, 3.05) is 19.0 Å². The standard InChI is InChI=1S/C17H23N3O/c1-4-10-18-16-11-14(5-2)19-17(20-16)15-9-7-6-8-13(15)12-21-3/h6-9,11H,4-5,10,12H2,1-3H3,(H,18,19,20). The maximum absolute atomic E-state index is 5.27. The largest absolute Gasteiger partial charge is 0.380 e. The van der Waals surface area contributed by atoms with Crippen LogP contribution in [0.25, 0.3) is 11.4 Å². The number of aryl methyl sites for hydroxylation is 1. The lowest BCUT2D eigenvalue weighted by molar-refractivity contribution is 0.185. The first-order valence-electron chi connectivity index (χ1n) is 7.47. The summed E-state index contributed by atoms with van der Waals surface area (Å²) in [5.41, 5.74) is 3.19. The molecule has 0 amide bonds. The lowest BCUT2D eigenvalue weighted by Crippen LogP contribution is -2.06. The highest BCUT2D eigenvalue weighted by atomic mass is 16.5. The predicted octanol–water partition coefficient (Wildman–Crippen LogP) is 3.67. The average molecular weight is 285 g/mol. The van der Waals surface area contributed by atoms with Crippen LogP contribution in [0, 0.1) is 0 Å². The molecule has 0 spiro atoms. The van der Waals surface area contributed by atoms with Gasteiger partial charge in [0.15, 0.2) is 5.82 Å². The van der Waals surface area contributed by atoms with E-state index < -0.39 is 0 Å². The molecular weight excluding hydrogens is 262 g/mol. The highest BCUT2D eigenvalue weighted by Gasteiger charge is 2.10. The maximum atomic E-state index is 5.27. The molecule has 0 bridgehead atoms. The van der Waals surface area contributed by atoms with Gasteiger partial charge in [-0.2, -0.15) is 0 Å². The third-order valence-corrected chi connectivity index (χ3v) is 3.26. The van der Waals surface area contributed by atoms with Crippen molar-refractivity contribution < 1.29 is 4.74 Å². The molecule has 1 heterocycles. The van der Waals surface area contributed by atoms with Crippen LogP contribution in [-0.2, 0) is 17.8 Å². The van der Waals surface area contributed by atoms with Gasteiger partial charge in [-0.25, -0.2) is 9.97 Å². The summed E-state index contributed by atoms with van der Waals surface area (Å²) < 4.78 is 5.27. The van der Waals surface area contributed by atoms with Crippen molar-refractivity contribution in [3.8, 4) is 11.4 Å². The van der Waals surface area contributed by atoms with Gasteiger partial charge in [0, 0.05) is 31.0 Å². The Hall–Kier alpha value is -1.94. The van der Waals surface area contributed by atoms with Gasteiger partial charge in [0.2, 0.25) is 0 Å². The number of methoxy groups -OCH3 is 1. The Kier molecular flexibility index (Phi) is 5.69. The van der Waals surface area contributed by atoms with Crippen molar-refractivity contribution in [3.05, 3.63) is 41.6 Å². The van der Waals surface area contributed by atoms with E-state index in [4.69, 9.17) is 4.74 Å². The Balaban J connectivity index is 2.42. The van der Waals surface area contributed by atoms with E-state index in [0.717, 1.165) is 47.8 Å². The van der Waals surface area contributed by atoms with Crippen molar-refractivity contribution in [1.82, 2.24) is 9.97 Å². The van der Waals surface area contributed by atoms with E-state index in [1.807, 2.05) is 24.3 Å². The average Bonchev–Trinajstić information content (AvgIpc) is 2.53. The van der Waals surface area contributed by atoms with Crippen molar-refractivity contribution in [2.24, 2.45) is 0 Å². The number of aromatic nitrogens is 2. The van der Waals surface area contributed by atoms with Crippen LogP contribution in [0.3, 0.4) is 0 Å². The fraction of sp³-hybridized carbons (Fsp3) is 0.412. The van der Waals surface area contributed by atoms with Crippen LogP contribution in [-0.4, -0.2) is 23.6 Å². The Bertz CT molecular complexity index is 584. The minimum Gasteiger partial charge on any atom is -0.380 e. The van der Waals surface area contributed by atoms with Crippen LogP contribution in [0.4, 0.5) is 5.82 Å². The second kappa shape index (κ2) is 7.74. The summed E-state index contributed by atoms with van der Waals surface area (Å²) in [6.45, 7) is 5.73. The summed E-state index contributed by atoms with van der Waals surface area (Å²) >= 11 is 0. The first-order valence-corrected chi connectivity index (χ1v) is 7.47. The number of nitrogens with zero attached hydrogens (tertiary/aromatic N) is 2. The molecular formula is C17H23N3O. The van der Waals surface area contributed by atoms with Gasteiger partial charge in [-0.3, -0.25) is 0 Å². The van der Waals surface area contributed by atoms with Gasteiger partial charge in [0.05, 0.1) is 6.61 Å². The Morgan fingerprint density at radius 2 is 1.95 bits per heavy atom. The number of rotatable bonds is 7. The molecule has 4 heteroatoms. The molecule has 1 aromatic heterocycles. The number of nitrogens with one attached hydrogen (secondary N) is 1. The molecule has 0 saturated carbocycles. The van der Waals surface area contributed by atoms with Gasteiger partial charge in [-0.05, 0) is 18.4 Å². The van der Waals surface area contributed by atoms with Crippen molar-refractivity contribution in [2.45, 2.75) is 33.3 Å². The SMILES string of the molecule is CCCNc1cc(CC)nc(-c2ccccc2COC)n1. The van der Waals surface area contributed by atoms with Crippen LogP contribution in [0.15, 0.2) is 30.3 Å². The third kappa shape index (κ3) is 4.02. The van der Waals surface area contributed by atoms with Crippen LogP contribution in [0.1, 0.15) is 31.5 Å². The molecule has 1 aromatic carbocycles. The molecule has 0 aliphatic rings. The van der Waals surface area contributed by atoms with Crippen molar-refractivity contribution >= 4 is 5.82 Å². The van der Waals surface area contributed by atoms with Crippen molar-refractivity contribution in [1.29, 1.82) is 0 Å². The fourth-order valence-corrected chi connectivity index (χ4v) is 2.16. The van der Waals surface area contributed by atoms with Gasteiger partial charge < -0.3 is 10.1 Å². The van der Waals surface area contributed by atoms with E-state index in [0.29, 0.717) is 6.61 Å². The van der Waals surface area contributed by atoms with Gasteiger partial charge in [-0.1, -0.05) is 38.1 Å². The smallest absolute Gasteiger partial charge is 0.162 e. The van der Waals surface area contributed by atoms with Gasteiger partial charge >= 0.3 is 0 Å². The zero-order valence-electron chi connectivity index (χ0n) is 13.0. The van der Waals surface area contributed by atoms with E-state index in [2.05, 4.69) is 35.2 Å². The van der Waals surface area contributed by atoms with Crippen LogP contribution in [0.2, 0.25) is 0 Å². The molecule has 4 nitrogen and oxygen atoms in total. The molecule has 0 saturated heterocycles. The summed E-state index contributed by atoms with van der Waals surface area (Å²) in [5.74, 6) is 1.66. The summed E-state index contributed by atoms with van der Waals surface area (Å²) in [6.07, 6.45) is 1.96. The van der Waals surface area contributed by atoms with E-state index in [9.17, 15) is 0 Å². The second-order valence-electron chi connectivity index (χ2n) is 4.94. The Morgan fingerprint density at radius 1 is 1.14 bits per heavy atom. The molecule has 2 aromatic rings. The minimum absolute atomic E-state index is 0.563. The van der Waals surface area contributed by atoms with Gasteiger partial charge in [0.25, 0.3) is 0 Å². The quantitative estimate of drug-likeness (QED) is 0.843. The predicted molar refractivity (Wildman–Crippen MR) is 86.3 cm³/mol. The summed E-state index contributed by atoms with van der Waals surface area (Å²) in [7, 11) is 1.70. The molecule has 0 fully saturated rings. The number of anilines is 1.